The quantitative estimate of drug-likeness (QED) is 0.708. The highest BCUT2D eigenvalue weighted by molar-refractivity contribution is 5.95. The Balaban J connectivity index is 1.58. The molecule has 1 amide bonds. The zero-order chi connectivity index (χ0) is 18.4. The van der Waals surface area contributed by atoms with E-state index in [4.69, 9.17) is 4.52 Å². The van der Waals surface area contributed by atoms with Gasteiger partial charge in [-0.25, -0.2) is 0 Å². The molecule has 0 spiro atoms. The van der Waals surface area contributed by atoms with Gasteiger partial charge in [0.2, 0.25) is 0 Å². The minimum absolute atomic E-state index is 0.0832. The van der Waals surface area contributed by atoms with Crippen molar-refractivity contribution in [3.8, 4) is 0 Å². The maximum atomic E-state index is 12.4. The molecule has 5 heteroatoms. The van der Waals surface area contributed by atoms with Gasteiger partial charge in [0.05, 0.1) is 5.69 Å². The van der Waals surface area contributed by atoms with Crippen LogP contribution in [0.2, 0.25) is 0 Å². The number of carbonyl (C=O) groups is 1. The van der Waals surface area contributed by atoms with E-state index >= 15 is 0 Å². The molecule has 0 aliphatic heterocycles. The van der Waals surface area contributed by atoms with E-state index in [2.05, 4.69) is 27.5 Å². The van der Waals surface area contributed by atoms with Gasteiger partial charge in [0.1, 0.15) is 5.76 Å². The number of rotatable bonds is 7. The van der Waals surface area contributed by atoms with E-state index in [0.717, 1.165) is 23.7 Å². The lowest BCUT2D eigenvalue weighted by Gasteiger charge is -2.20. The van der Waals surface area contributed by atoms with E-state index in [1.54, 1.807) is 0 Å². The first-order chi connectivity index (χ1) is 12.6. The molecule has 5 nitrogen and oxygen atoms in total. The van der Waals surface area contributed by atoms with E-state index in [9.17, 15) is 4.79 Å². The van der Waals surface area contributed by atoms with Crippen molar-refractivity contribution >= 4 is 11.6 Å². The zero-order valence-corrected chi connectivity index (χ0v) is 15.1. The van der Waals surface area contributed by atoms with Crippen LogP contribution in [0.25, 0.3) is 0 Å². The standard InChI is InChI=1S/C21H23N3O2/c1-16-13-19(23-26-16)11-12-22-21(25)18-9-6-10-20(14-18)24(2)15-17-7-4-3-5-8-17/h3-10,13-14H,11-12,15H2,1-2H3,(H,22,25). The van der Waals surface area contributed by atoms with Crippen molar-refractivity contribution in [3.05, 3.63) is 83.2 Å². The summed E-state index contributed by atoms with van der Waals surface area (Å²) in [4.78, 5) is 14.5. The molecule has 0 saturated carbocycles. The molecule has 0 bridgehead atoms. The summed E-state index contributed by atoms with van der Waals surface area (Å²) in [5.74, 6) is 0.695. The van der Waals surface area contributed by atoms with Gasteiger partial charge in [0.25, 0.3) is 5.91 Å². The smallest absolute Gasteiger partial charge is 0.251 e. The van der Waals surface area contributed by atoms with Gasteiger partial charge in [0.15, 0.2) is 0 Å². The second-order valence-electron chi connectivity index (χ2n) is 6.33. The summed E-state index contributed by atoms with van der Waals surface area (Å²) in [5, 5.41) is 6.86. The number of anilines is 1. The average Bonchev–Trinajstić information content (AvgIpc) is 3.07. The van der Waals surface area contributed by atoms with E-state index in [1.165, 1.54) is 5.56 Å². The fourth-order valence-electron chi connectivity index (χ4n) is 2.78. The maximum absolute atomic E-state index is 12.4. The molecule has 0 aliphatic carbocycles. The van der Waals surface area contributed by atoms with Crippen LogP contribution in [0.1, 0.15) is 27.4 Å². The first-order valence-corrected chi connectivity index (χ1v) is 8.67. The molecular weight excluding hydrogens is 326 g/mol. The van der Waals surface area contributed by atoms with Crippen LogP contribution in [-0.2, 0) is 13.0 Å². The number of carbonyl (C=O) groups excluding carboxylic acids is 1. The van der Waals surface area contributed by atoms with Crippen LogP contribution >= 0.6 is 0 Å². The summed E-state index contributed by atoms with van der Waals surface area (Å²) in [6.45, 7) is 3.17. The van der Waals surface area contributed by atoms with Gasteiger partial charge in [-0.2, -0.15) is 0 Å². The van der Waals surface area contributed by atoms with Gasteiger partial charge in [0, 0.05) is 43.9 Å². The lowest BCUT2D eigenvalue weighted by atomic mass is 10.1. The monoisotopic (exact) mass is 349 g/mol. The Morgan fingerprint density at radius 2 is 1.92 bits per heavy atom. The van der Waals surface area contributed by atoms with Crippen LogP contribution in [0.3, 0.4) is 0 Å². The van der Waals surface area contributed by atoms with Crippen molar-refractivity contribution in [1.82, 2.24) is 10.5 Å². The molecule has 1 aromatic heterocycles. The van der Waals surface area contributed by atoms with Gasteiger partial charge in [-0.3, -0.25) is 4.79 Å². The number of nitrogens with zero attached hydrogens (tertiary/aromatic N) is 2. The van der Waals surface area contributed by atoms with E-state index in [-0.39, 0.29) is 5.91 Å². The fourth-order valence-corrected chi connectivity index (χ4v) is 2.78. The first-order valence-electron chi connectivity index (χ1n) is 8.67. The van der Waals surface area contributed by atoms with Crippen LogP contribution in [-0.4, -0.2) is 24.7 Å². The Morgan fingerprint density at radius 1 is 1.12 bits per heavy atom. The van der Waals surface area contributed by atoms with Crippen LogP contribution in [0.15, 0.2) is 65.2 Å². The molecule has 1 N–H and O–H groups in total. The summed E-state index contributed by atoms with van der Waals surface area (Å²) < 4.78 is 5.03. The molecular formula is C21H23N3O2. The number of benzene rings is 2. The van der Waals surface area contributed by atoms with Crippen molar-refractivity contribution < 1.29 is 9.32 Å². The van der Waals surface area contributed by atoms with Gasteiger partial charge in [-0.1, -0.05) is 41.6 Å². The molecule has 26 heavy (non-hydrogen) atoms. The highest BCUT2D eigenvalue weighted by Crippen LogP contribution is 2.17. The molecule has 1 heterocycles. The highest BCUT2D eigenvalue weighted by Gasteiger charge is 2.09. The third-order valence-corrected chi connectivity index (χ3v) is 4.16. The molecule has 0 fully saturated rings. The van der Waals surface area contributed by atoms with E-state index in [0.29, 0.717) is 18.5 Å². The van der Waals surface area contributed by atoms with E-state index < -0.39 is 0 Å². The number of aromatic nitrogens is 1. The Morgan fingerprint density at radius 3 is 2.65 bits per heavy atom. The minimum Gasteiger partial charge on any atom is -0.370 e. The molecule has 3 aromatic rings. The molecule has 3 rings (SSSR count). The Kier molecular flexibility index (Phi) is 5.69. The number of hydrogen-bond donors (Lipinski definition) is 1. The van der Waals surface area contributed by atoms with Crippen LogP contribution in [0.4, 0.5) is 5.69 Å². The summed E-state index contributed by atoms with van der Waals surface area (Å²) in [6, 6.07) is 19.8. The van der Waals surface area contributed by atoms with Gasteiger partial charge >= 0.3 is 0 Å². The summed E-state index contributed by atoms with van der Waals surface area (Å²) >= 11 is 0. The largest absolute Gasteiger partial charge is 0.370 e. The predicted octanol–water partition coefficient (Wildman–Crippen LogP) is 3.59. The summed E-state index contributed by atoms with van der Waals surface area (Å²) in [6.07, 6.45) is 0.649. The molecule has 0 aliphatic rings. The summed E-state index contributed by atoms with van der Waals surface area (Å²) in [7, 11) is 2.02. The number of nitrogens with one attached hydrogen (secondary N) is 1. The van der Waals surface area contributed by atoms with Crippen LogP contribution in [0, 0.1) is 6.92 Å². The number of aryl methyl sites for hydroxylation is 1. The second kappa shape index (κ2) is 8.34. The average molecular weight is 349 g/mol. The predicted molar refractivity (Wildman–Crippen MR) is 102 cm³/mol. The number of amides is 1. The normalized spacial score (nSPS) is 10.5. The molecule has 0 saturated heterocycles. The van der Waals surface area contributed by atoms with Crippen molar-refractivity contribution in [2.75, 3.05) is 18.5 Å². The highest BCUT2D eigenvalue weighted by atomic mass is 16.5. The molecule has 0 unspecified atom stereocenters. The molecule has 0 atom stereocenters. The molecule has 134 valence electrons. The number of hydrogen-bond acceptors (Lipinski definition) is 4. The maximum Gasteiger partial charge on any atom is 0.251 e. The third kappa shape index (κ3) is 4.72. The van der Waals surface area contributed by atoms with Crippen molar-refractivity contribution in [2.24, 2.45) is 0 Å². The van der Waals surface area contributed by atoms with Crippen LogP contribution < -0.4 is 10.2 Å². The van der Waals surface area contributed by atoms with Crippen molar-refractivity contribution in [2.45, 2.75) is 19.9 Å². The first kappa shape index (κ1) is 17.7. The SMILES string of the molecule is Cc1cc(CCNC(=O)c2cccc(N(C)Cc3ccccc3)c2)no1. The van der Waals surface area contributed by atoms with Gasteiger partial charge in [-0.05, 0) is 30.7 Å². The second-order valence-corrected chi connectivity index (χ2v) is 6.33. The molecule has 0 radical (unpaired) electrons. The van der Waals surface area contributed by atoms with Gasteiger partial charge in [-0.15, -0.1) is 0 Å². The Bertz CT molecular complexity index is 858. The van der Waals surface area contributed by atoms with Gasteiger partial charge < -0.3 is 14.7 Å². The lowest BCUT2D eigenvalue weighted by molar-refractivity contribution is 0.0954. The zero-order valence-electron chi connectivity index (χ0n) is 15.1. The fraction of sp³-hybridized carbons (Fsp3) is 0.238. The lowest BCUT2D eigenvalue weighted by Crippen LogP contribution is -2.26. The van der Waals surface area contributed by atoms with Crippen LogP contribution in [0.5, 0.6) is 0 Å². The topological polar surface area (TPSA) is 58.4 Å². The molecule has 2 aromatic carbocycles. The third-order valence-electron chi connectivity index (χ3n) is 4.16. The summed E-state index contributed by atoms with van der Waals surface area (Å²) in [5.41, 5.74) is 3.74. The van der Waals surface area contributed by atoms with Crippen molar-refractivity contribution in [1.29, 1.82) is 0 Å². The van der Waals surface area contributed by atoms with Crippen molar-refractivity contribution in [3.63, 3.8) is 0 Å². The van der Waals surface area contributed by atoms with E-state index in [1.807, 2.05) is 62.5 Å². The minimum atomic E-state index is -0.0832. The Hall–Kier alpha value is -3.08. The Labute approximate surface area is 153 Å².